The van der Waals surface area contributed by atoms with Crippen molar-refractivity contribution in [3.8, 4) is 0 Å². The lowest BCUT2D eigenvalue weighted by atomic mass is 10.0. The molecule has 2 atom stereocenters. The van der Waals surface area contributed by atoms with Crippen molar-refractivity contribution < 1.29 is 9.59 Å². The van der Waals surface area contributed by atoms with Gasteiger partial charge in [0.15, 0.2) is 0 Å². The maximum Gasteiger partial charge on any atom is 0.234 e. The Morgan fingerprint density at radius 3 is 2.56 bits per heavy atom. The van der Waals surface area contributed by atoms with Gasteiger partial charge < -0.3 is 10.2 Å². The molecule has 0 aliphatic carbocycles. The second-order valence-corrected chi connectivity index (χ2v) is 7.19. The van der Waals surface area contributed by atoms with Crippen molar-refractivity contribution in [1.29, 1.82) is 0 Å². The molecule has 0 radical (unpaired) electrons. The van der Waals surface area contributed by atoms with Crippen LogP contribution >= 0.6 is 0 Å². The first-order valence-electron chi connectivity index (χ1n) is 9.47. The molecule has 0 bridgehead atoms. The molecule has 1 aromatic carbocycles. The molecule has 136 valence electrons. The molecule has 0 saturated carbocycles. The number of nitrogens with one attached hydrogen (secondary N) is 1. The zero-order chi connectivity index (χ0) is 17.6. The van der Waals surface area contributed by atoms with Gasteiger partial charge in [0.05, 0.1) is 6.54 Å². The van der Waals surface area contributed by atoms with E-state index in [2.05, 4.69) is 22.3 Å². The molecule has 5 heteroatoms. The van der Waals surface area contributed by atoms with Gasteiger partial charge in [0.2, 0.25) is 11.8 Å². The maximum absolute atomic E-state index is 12.3. The first-order valence-corrected chi connectivity index (χ1v) is 9.47. The summed E-state index contributed by atoms with van der Waals surface area (Å²) in [7, 11) is 0. The fourth-order valence-electron chi connectivity index (χ4n) is 4.30. The summed E-state index contributed by atoms with van der Waals surface area (Å²) in [6.07, 6.45) is 5.21. The SMILES string of the molecule is CC(=O)N1CCC[C@H]1[C@H]1CCCN1CC(=O)NCCc1ccccc1. The van der Waals surface area contributed by atoms with Crippen molar-refractivity contribution in [3.05, 3.63) is 35.9 Å². The summed E-state index contributed by atoms with van der Waals surface area (Å²) in [6, 6.07) is 10.8. The standard InChI is InChI=1S/C20H29N3O2/c1-16(24)23-14-6-10-19(23)18-9-5-13-22(18)15-20(25)21-12-11-17-7-3-2-4-8-17/h2-4,7-8,18-19H,5-6,9-15H2,1H3,(H,21,25)/t18-,19+/m1/s1. The van der Waals surface area contributed by atoms with Gasteiger partial charge in [-0.15, -0.1) is 0 Å². The number of hydrogen-bond acceptors (Lipinski definition) is 3. The minimum absolute atomic E-state index is 0.0928. The minimum atomic E-state index is 0.0928. The normalized spacial score (nSPS) is 23.8. The van der Waals surface area contributed by atoms with Crippen LogP contribution in [0.3, 0.4) is 0 Å². The molecular weight excluding hydrogens is 314 g/mol. The Morgan fingerprint density at radius 2 is 1.80 bits per heavy atom. The van der Waals surface area contributed by atoms with Gasteiger partial charge >= 0.3 is 0 Å². The molecule has 1 N–H and O–H groups in total. The van der Waals surface area contributed by atoms with Crippen LogP contribution in [-0.4, -0.2) is 59.9 Å². The van der Waals surface area contributed by atoms with Crippen LogP contribution in [0.1, 0.15) is 38.2 Å². The number of nitrogens with zero attached hydrogens (tertiary/aromatic N) is 2. The number of amides is 2. The van der Waals surface area contributed by atoms with Crippen LogP contribution < -0.4 is 5.32 Å². The van der Waals surface area contributed by atoms with Crippen LogP contribution in [0.25, 0.3) is 0 Å². The summed E-state index contributed by atoms with van der Waals surface area (Å²) in [5.41, 5.74) is 1.24. The van der Waals surface area contributed by atoms with E-state index in [9.17, 15) is 9.59 Å². The molecule has 1 aromatic rings. The summed E-state index contributed by atoms with van der Waals surface area (Å²) >= 11 is 0. The van der Waals surface area contributed by atoms with E-state index in [1.54, 1.807) is 6.92 Å². The predicted octanol–water partition coefficient (Wildman–Crippen LogP) is 1.82. The van der Waals surface area contributed by atoms with Gasteiger partial charge in [-0.05, 0) is 44.2 Å². The molecule has 3 rings (SSSR count). The van der Waals surface area contributed by atoms with Crippen LogP contribution in [0.4, 0.5) is 0 Å². The van der Waals surface area contributed by atoms with Crippen molar-refractivity contribution in [2.45, 2.75) is 51.1 Å². The smallest absolute Gasteiger partial charge is 0.234 e. The van der Waals surface area contributed by atoms with Crippen molar-refractivity contribution in [1.82, 2.24) is 15.1 Å². The Hall–Kier alpha value is -1.88. The summed E-state index contributed by atoms with van der Waals surface area (Å²) in [4.78, 5) is 28.5. The van der Waals surface area contributed by atoms with Crippen LogP contribution in [0.5, 0.6) is 0 Å². The number of likely N-dealkylation sites (tertiary alicyclic amines) is 2. The highest BCUT2D eigenvalue weighted by Crippen LogP contribution is 2.29. The number of carbonyl (C=O) groups excluding carboxylic acids is 2. The zero-order valence-electron chi connectivity index (χ0n) is 15.1. The van der Waals surface area contributed by atoms with Gasteiger partial charge in [-0.3, -0.25) is 14.5 Å². The largest absolute Gasteiger partial charge is 0.355 e. The van der Waals surface area contributed by atoms with Crippen molar-refractivity contribution >= 4 is 11.8 Å². The van der Waals surface area contributed by atoms with Crippen LogP contribution in [0, 0.1) is 0 Å². The number of hydrogen-bond donors (Lipinski definition) is 1. The average Bonchev–Trinajstić information content (AvgIpc) is 3.24. The first-order chi connectivity index (χ1) is 12.1. The quantitative estimate of drug-likeness (QED) is 0.857. The minimum Gasteiger partial charge on any atom is -0.355 e. The first kappa shape index (κ1) is 17.9. The van der Waals surface area contributed by atoms with E-state index in [0.29, 0.717) is 19.1 Å². The maximum atomic E-state index is 12.3. The lowest BCUT2D eigenvalue weighted by Gasteiger charge is -2.34. The van der Waals surface area contributed by atoms with E-state index >= 15 is 0 Å². The fraction of sp³-hybridized carbons (Fsp3) is 0.600. The summed E-state index contributed by atoms with van der Waals surface area (Å²) in [6.45, 7) is 4.60. The molecule has 5 nitrogen and oxygen atoms in total. The van der Waals surface area contributed by atoms with Crippen molar-refractivity contribution in [2.75, 3.05) is 26.2 Å². The van der Waals surface area contributed by atoms with Crippen molar-refractivity contribution in [3.63, 3.8) is 0 Å². The monoisotopic (exact) mass is 343 g/mol. The fourth-order valence-corrected chi connectivity index (χ4v) is 4.30. The Balaban J connectivity index is 1.47. The van der Waals surface area contributed by atoms with Gasteiger partial charge in [0.25, 0.3) is 0 Å². The summed E-state index contributed by atoms with van der Waals surface area (Å²) in [5.74, 6) is 0.261. The molecular formula is C20H29N3O2. The predicted molar refractivity (Wildman–Crippen MR) is 98.2 cm³/mol. The molecule has 0 unspecified atom stereocenters. The zero-order valence-corrected chi connectivity index (χ0v) is 15.1. The van der Waals surface area contributed by atoms with E-state index in [1.807, 2.05) is 23.1 Å². The molecule has 0 aromatic heterocycles. The summed E-state index contributed by atoms with van der Waals surface area (Å²) in [5, 5.41) is 3.04. The van der Waals surface area contributed by atoms with E-state index < -0.39 is 0 Å². The van der Waals surface area contributed by atoms with Crippen LogP contribution in [0.2, 0.25) is 0 Å². The molecule has 25 heavy (non-hydrogen) atoms. The third-order valence-corrected chi connectivity index (χ3v) is 5.49. The van der Waals surface area contributed by atoms with E-state index in [1.165, 1.54) is 5.56 Å². The van der Waals surface area contributed by atoms with Crippen LogP contribution in [-0.2, 0) is 16.0 Å². The van der Waals surface area contributed by atoms with Gasteiger partial charge in [-0.1, -0.05) is 30.3 Å². The van der Waals surface area contributed by atoms with Gasteiger partial charge in [0.1, 0.15) is 0 Å². The summed E-state index contributed by atoms with van der Waals surface area (Å²) < 4.78 is 0. The van der Waals surface area contributed by atoms with Gasteiger partial charge in [-0.25, -0.2) is 0 Å². The third kappa shape index (κ3) is 4.60. The molecule has 0 spiro atoms. The lowest BCUT2D eigenvalue weighted by molar-refractivity contribution is -0.130. The highest BCUT2D eigenvalue weighted by atomic mass is 16.2. The van der Waals surface area contributed by atoms with Gasteiger partial charge in [0, 0.05) is 32.1 Å². The Bertz CT molecular complexity index is 590. The highest BCUT2D eigenvalue weighted by Gasteiger charge is 2.39. The highest BCUT2D eigenvalue weighted by molar-refractivity contribution is 5.78. The van der Waals surface area contributed by atoms with Gasteiger partial charge in [-0.2, -0.15) is 0 Å². The molecule has 2 heterocycles. The topological polar surface area (TPSA) is 52.7 Å². The Morgan fingerprint density at radius 1 is 1.08 bits per heavy atom. The molecule has 2 aliphatic heterocycles. The average molecular weight is 343 g/mol. The number of rotatable bonds is 6. The Kier molecular flexibility index (Phi) is 6.08. The molecule has 2 aliphatic rings. The van der Waals surface area contributed by atoms with Crippen LogP contribution in [0.15, 0.2) is 30.3 Å². The van der Waals surface area contributed by atoms with E-state index in [-0.39, 0.29) is 17.9 Å². The van der Waals surface area contributed by atoms with Crippen molar-refractivity contribution in [2.24, 2.45) is 0 Å². The third-order valence-electron chi connectivity index (χ3n) is 5.49. The second-order valence-electron chi connectivity index (χ2n) is 7.19. The number of benzene rings is 1. The molecule has 2 amide bonds. The van der Waals surface area contributed by atoms with E-state index in [4.69, 9.17) is 0 Å². The number of carbonyl (C=O) groups is 2. The molecule has 2 fully saturated rings. The molecule has 2 saturated heterocycles. The second kappa shape index (κ2) is 8.48. The lowest BCUT2D eigenvalue weighted by Crippen LogP contribution is -2.50. The Labute approximate surface area is 150 Å². The van der Waals surface area contributed by atoms with E-state index in [0.717, 1.165) is 45.2 Å².